The fraction of sp³-hybridized carbons (Fsp3) is 0.167. The molecule has 1 aromatic carbocycles. The molecular formula is C12H13NO3. The van der Waals surface area contributed by atoms with Crippen LogP contribution in [0.1, 0.15) is 27.9 Å². The fourth-order valence-corrected chi connectivity index (χ4v) is 1.37. The number of benzene rings is 1. The normalized spacial score (nSPS) is 10.6. The quantitative estimate of drug-likeness (QED) is 0.806. The molecule has 16 heavy (non-hydrogen) atoms. The summed E-state index contributed by atoms with van der Waals surface area (Å²) in [6, 6.07) is 5.00. The number of nitrogens with two attached hydrogens (primary N) is 1. The van der Waals surface area contributed by atoms with Crippen molar-refractivity contribution >= 4 is 18.0 Å². The molecule has 0 aromatic heterocycles. The van der Waals surface area contributed by atoms with Gasteiger partial charge in [0.2, 0.25) is 5.91 Å². The summed E-state index contributed by atoms with van der Waals surface area (Å²) in [6.07, 6.45) is 3.47. The molecule has 4 heteroatoms. The molecule has 0 fully saturated rings. The Labute approximate surface area is 93.4 Å². The maximum absolute atomic E-state index is 10.9. The van der Waals surface area contributed by atoms with Crippen LogP contribution in [0.3, 0.4) is 0 Å². The van der Waals surface area contributed by atoms with E-state index in [0.29, 0.717) is 5.56 Å². The van der Waals surface area contributed by atoms with Gasteiger partial charge in [-0.3, -0.25) is 4.79 Å². The number of carbonyl (C=O) groups is 2. The standard InChI is InChI=1S/C12H13NO3/c1-8-9(5-3-7-11(13)14)4-2-6-10(8)12(15)16/h2-6H,7H2,1H3,(H2,13,14)(H,15,16). The largest absolute Gasteiger partial charge is 0.478 e. The Kier molecular flexibility index (Phi) is 3.83. The Hall–Kier alpha value is -2.10. The van der Waals surface area contributed by atoms with E-state index in [1.54, 1.807) is 37.3 Å². The second kappa shape index (κ2) is 5.11. The molecule has 0 unspecified atom stereocenters. The smallest absolute Gasteiger partial charge is 0.335 e. The summed E-state index contributed by atoms with van der Waals surface area (Å²) in [5.74, 6) is -1.37. The lowest BCUT2D eigenvalue weighted by Crippen LogP contribution is -2.08. The Morgan fingerprint density at radius 1 is 1.44 bits per heavy atom. The van der Waals surface area contributed by atoms with Crippen molar-refractivity contribution in [3.63, 3.8) is 0 Å². The van der Waals surface area contributed by atoms with Crippen molar-refractivity contribution in [2.24, 2.45) is 5.73 Å². The molecule has 0 aliphatic rings. The van der Waals surface area contributed by atoms with Gasteiger partial charge in [-0.15, -0.1) is 0 Å². The summed E-state index contributed by atoms with van der Waals surface area (Å²) in [5, 5.41) is 8.91. The molecule has 1 aromatic rings. The molecule has 1 amide bonds. The van der Waals surface area contributed by atoms with Crippen LogP contribution in [-0.2, 0) is 4.79 Å². The van der Waals surface area contributed by atoms with E-state index in [1.807, 2.05) is 0 Å². The van der Waals surface area contributed by atoms with E-state index in [0.717, 1.165) is 5.56 Å². The number of aromatic carboxylic acids is 1. The first-order valence-corrected chi connectivity index (χ1v) is 4.80. The highest BCUT2D eigenvalue weighted by Crippen LogP contribution is 2.15. The predicted molar refractivity (Wildman–Crippen MR) is 61.0 cm³/mol. The van der Waals surface area contributed by atoms with Gasteiger partial charge in [-0.1, -0.05) is 24.3 Å². The number of carboxylic acid groups (broad SMARTS) is 1. The van der Waals surface area contributed by atoms with Gasteiger partial charge in [0.15, 0.2) is 0 Å². The molecule has 0 atom stereocenters. The molecule has 3 N–H and O–H groups in total. The van der Waals surface area contributed by atoms with Crippen molar-refractivity contribution in [3.8, 4) is 0 Å². The molecule has 0 bridgehead atoms. The molecule has 84 valence electrons. The van der Waals surface area contributed by atoms with Crippen LogP contribution in [0.25, 0.3) is 6.08 Å². The monoisotopic (exact) mass is 219 g/mol. The van der Waals surface area contributed by atoms with E-state index >= 15 is 0 Å². The molecule has 1 rings (SSSR count). The molecule has 0 aliphatic carbocycles. The number of hydrogen-bond acceptors (Lipinski definition) is 2. The first kappa shape index (κ1) is 12.0. The molecule has 0 saturated heterocycles. The van der Waals surface area contributed by atoms with Crippen molar-refractivity contribution in [2.75, 3.05) is 0 Å². The van der Waals surface area contributed by atoms with Crippen molar-refractivity contribution in [3.05, 3.63) is 41.0 Å². The van der Waals surface area contributed by atoms with Gasteiger partial charge in [0, 0.05) is 6.42 Å². The lowest BCUT2D eigenvalue weighted by molar-refractivity contribution is -0.117. The van der Waals surface area contributed by atoms with Gasteiger partial charge in [0.1, 0.15) is 0 Å². The van der Waals surface area contributed by atoms with E-state index in [2.05, 4.69) is 0 Å². The highest BCUT2D eigenvalue weighted by atomic mass is 16.4. The van der Waals surface area contributed by atoms with Crippen molar-refractivity contribution in [2.45, 2.75) is 13.3 Å². The van der Waals surface area contributed by atoms with Crippen molar-refractivity contribution in [1.82, 2.24) is 0 Å². The molecule has 0 radical (unpaired) electrons. The zero-order chi connectivity index (χ0) is 12.1. The Morgan fingerprint density at radius 2 is 2.12 bits per heavy atom. The summed E-state index contributed by atoms with van der Waals surface area (Å²) in [5.41, 5.74) is 6.71. The highest BCUT2D eigenvalue weighted by molar-refractivity contribution is 5.90. The van der Waals surface area contributed by atoms with Crippen molar-refractivity contribution in [1.29, 1.82) is 0 Å². The Balaban J connectivity index is 2.97. The maximum atomic E-state index is 10.9. The summed E-state index contributed by atoms with van der Waals surface area (Å²) < 4.78 is 0. The third-order valence-electron chi connectivity index (χ3n) is 2.22. The van der Waals surface area contributed by atoms with Gasteiger partial charge in [-0.05, 0) is 24.1 Å². The number of carboxylic acids is 1. The average Bonchev–Trinajstić information content (AvgIpc) is 2.19. The van der Waals surface area contributed by atoms with Crippen LogP contribution in [0.5, 0.6) is 0 Å². The van der Waals surface area contributed by atoms with E-state index in [9.17, 15) is 9.59 Å². The van der Waals surface area contributed by atoms with Gasteiger partial charge >= 0.3 is 5.97 Å². The van der Waals surface area contributed by atoms with Gasteiger partial charge < -0.3 is 10.8 Å². The zero-order valence-corrected chi connectivity index (χ0v) is 8.93. The Bertz CT molecular complexity index is 450. The molecule has 0 saturated carbocycles. The van der Waals surface area contributed by atoms with Crippen LogP contribution in [0.15, 0.2) is 24.3 Å². The SMILES string of the molecule is Cc1c(C=CCC(N)=O)cccc1C(=O)O. The van der Waals surface area contributed by atoms with Gasteiger partial charge in [-0.25, -0.2) is 4.79 Å². The minimum absolute atomic E-state index is 0.150. The van der Waals surface area contributed by atoms with Crippen LogP contribution in [-0.4, -0.2) is 17.0 Å². The molecule has 4 nitrogen and oxygen atoms in total. The van der Waals surface area contributed by atoms with Crippen LogP contribution in [0, 0.1) is 6.92 Å². The predicted octanol–water partition coefficient (Wildman–Crippen LogP) is 1.58. The van der Waals surface area contributed by atoms with Gasteiger partial charge in [0.25, 0.3) is 0 Å². The van der Waals surface area contributed by atoms with E-state index in [1.165, 1.54) is 0 Å². The van der Waals surface area contributed by atoms with Crippen molar-refractivity contribution < 1.29 is 14.7 Å². The highest BCUT2D eigenvalue weighted by Gasteiger charge is 2.07. The van der Waals surface area contributed by atoms with Crippen LogP contribution >= 0.6 is 0 Å². The average molecular weight is 219 g/mol. The number of primary amides is 1. The first-order valence-electron chi connectivity index (χ1n) is 4.80. The summed E-state index contributed by atoms with van der Waals surface area (Å²) >= 11 is 0. The fourth-order valence-electron chi connectivity index (χ4n) is 1.37. The van der Waals surface area contributed by atoms with Gasteiger partial charge in [-0.2, -0.15) is 0 Å². The Morgan fingerprint density at radius 3 is 2.69 bits per heavy atom. The van der Waals surface area contributed by atoms with E-state index < -0.39 is 11.9 Å². The topological polar surface area (TPSA) is 80.4 Å². The maximum Gasteiger partial charge on any atom is 0.335 e. The van der Waals surface area contributed by atoms with Gasteiger partial charge in [0.05, 0.1) is 5.56 Å². The molecule has 0 heterocycles. The third-order valence-corrected chi connectivity index (χ3v) is 2.22. The van der Waals surface area contributed by atoms with Crippen LogP contribution < -0.4 is 5.73 Å². The number of rotatable bonds is 4. The number of amides is 1. The number of carbonyl (C=O) groups excluding carboxylic acids is 1. The molecule has 0 aliphatic heterocycles. The third kappa shape index (κ3) is 2.95. The summed E-state index contributed by atoms with van der Waals surface area (Å²) in [4.78, 5) is 21.4. The minimum Gasteiger partial charge on any atom is -0.478 e. The van der Waals surface area contributed by atoms with E-state index in [-0.39, 0.29) is 12.0 Å². The van der Waals surface area contributed by atoms with E-state index in [4.69, 9.17) is 10.8 Å². The lowest BCUT2D eigenvalue weighted by atomic mass is 10.0. The summed E-state index contributed by atoms with van der Waals surface area (Å²) in [6.45, 7) is 1.73. The first-order chi connectivity index (χ1) is 7.52. The summed E-state index contributed by atoms with van der Waals surface area (Å²) in [7, 11) is 0. The van der Waals surface area contributed by atoms with Crippen LogP contribution in [0.2, 0.25) is 0 Å². The zero-order valence-electron chi connectivity index (χ0n) is 8.93. The molecular weight excluding hydrogens is 206 g/mol. The second-order valence-electron chi connectivity index (χ2n) is 3.40. The van der Waals surface area contributed by atoms with Crippen LogP contribution in [0.4, 0.5) is 0 Å². The molecule has 0 spiro atoms. The number of hydrogen-bond donors (Lipinski definition) is 2. The lowest BCUT2D eigenvalue weighted by Gasteiger charge is -2.04. The second-order valence-corrected chi connectivity index (χ2v) is 3.40. The minimum atomic E-state index is -0.956.